The predicted molar refractivity (Wildman–Crippen MR) is 142 cm³/mol. The molecule has 0 aliphatic carbocycles. The summed E-state index contributed by atoms with van der Waals surface area (Å²) in [6, 6.07) is 34.6. The van der Waals surface area contributed by atoms with Crippen LogP contribution in [0.5, 0.6) is 0 Å². The summed E-state index contributed by atoms with van der Waals surface area (Å²) in [6.07, 6.45) is 0. The largest absolute Gasteiger partial charge is 0.360 e. The zero-order valence-corrected chi connectivity index (χ0v) is 18.9. The van der Waals surface area contributed by atoms with E-state index in [2.05, 4.69) is 98.2 Å². The third-order valence-corrected chi connectivity index (χ3v) is 6.62. The first-order chi connectivity index (χ1) is 17.8. The molecule has 0 radical (unpaired) electrons. The summed E-state index contributed by atoms with van der Waals surface area (Å²) in [7, 11) is 0. The molecule has 7 aromatic rings. The summed E-state index contributed by atoms with van der Waals surface area (Å²) in [5.41, 5.74) is 5.14. The van der Waals surface area contributed by atoms with Crippen molar-refractivity contribution in [2.24, 2.45) is 0 Å². The van der Waals surface area contributed by atoms with Gasteiger partial charge in [-0.1, -0.05) is 78.3 Å². The Morgan fingerprint density at radius 1 is 0.667 bits per heavy atom. The number of rotatable bonds is 2. The quantitative estimate of drug-likeness (QED) is 0.259. The Bertz CT molecular complexity index is 2000. The topological polar surface area (TPSA) is 63.8 Å². The molecular weight excluding hydrogens is 444 g/mol. The molecule has 0 aliphatic rings. The monoisotopic (exact) mass is 460 g/mol. The van der Waals surface area contributed by atoms with E-state index < -0.39 is 0 Å². The molecule has 0 fully saturated rings. The first-order valence-corrected chi connectivity index (χ1v) is 11.5. The lowest BCUT2D eigenvalue weighted by Crippen LogP contribution is -2.05. The first-order valence-electron chi connectivity index (χ1n) is 11.5. The average molecular weight is 461 g/mol. The van der Waals surface area contributed by atoms with Crippen molar-refractivity contribution in [1.29, 1.82) is 5.26 Å². The van der Waals surface area contributed by atoms with Crippen LogP contribution in [0.3, 0.4) is 0 Å². The zero-order valence-electron chi connectivity index (χ0n) is 18.9. The fourth-order valence-corrected chi connectivity index (χ4v) is 5.21. The van der Waals surface area contributed by atoms with E-state index in [0.29, 0.717) is 5.95 Å². The number of para-hydroxylation sites is 4. The highest BCUT2D eigenvalue weighted by molar-refractivity contribution is 6.14. The van der Waals surface area contributed by atoms with Gasteiger partial charge in [0.25, 0.3) is 5.82 Å². The lowest BCUT2D eigenvalue weighted by atomic mass is 10.1. The van der Waals surface area contributed by atoms with Gasteiger partial charge in [-0.15, -0.1) is 0 Å². The first kappa shape index (κ1) is 20.0. The normalized spacial score (nSPS) is 11.3. The van der Waals surface area contributed by atoms with E-state index in [1.807, 2.05) is 22.8 Å². The number of aromatic nitrogens is 4. The maximum atomic E-state index is 9.59. The molecule has 36 heavy (non-hydrogen) atoms. The standard InChI is InChI=1S/C30H16N6/c1-32-28-17-19(18-31)33-30(34-28)36-26-15-7-4-11-22(26)23-12-8-16-27(29(23)36)35-24-13-5-2-9-20(24)21-10-3-6-14-25(21)35/h2-17H. The van der Waals surface area contributed by atoms with E-state index in [4.69, 9.17) is 6.57 Å². The van der Waals surface area contributed by atoms with Gasteiger partial charge in [0.1, 0.15) is 11.8 Å². The lowest BCUT2D eigenvalue weighted by molar-refractivity contribution is 0.981. The van der Waals surface area contributed by atoms with Crippen LogP contribution in [0.15, 0.2) is 97.1 Å². The van der Waals surface area contributed by atoms with Crippen LogP contribution in [0.1, 0.15) is 5.69 Å². The Hall–Kier alpha value is -5.46. The Morgan fingerprint density at radius 3 is 1.83 bits per heavy atom. The minimum atomic E-state index is 0.136. The number of nitrogens with zero attached hydrogens (tertiary/aromatic N) is 6. The van der Waals surface area contributed by atoms with Crippen LogP contribution in [0.4, 0.5) is 5.82 Å². The van der Waals surface area contributed by atoms with Crippen LogP contribution in [-0.2, 0) is 0 Å². The second kappa shape index (κ2) is 7.53. The summed E-state index contributed by atoms with van der Waals surface area (Å²) in [5.74, 6) is 0.441. The fourth-order valence-electron chi connectivity index (χ4n) is 5.21. The summed E-state index contributed by atoms with van der Waals surface area (Å²) < 4.78 is 4.24. The van der Waals surface area contributed by atoms with E-state index >= 15 is 0 Å². The molecule has 0 bridgehead atoms. The van der Waals surface area contributed by atoms with Gasteiger partial charge in [0.2, 0.25) is 0 Å². The molecule has 0 spiro atoms. The molecule has 0 atom stereocenters. The van der Waals surface area contributed by atoms with Gasteiger partial charge >= 0.3 is 5.95 Å². The van der Waals surface area contributed by atoms with Crippen LogP contribution in [0, 0.1) is 17.9 Å². The van der Waals surface area contributed by atoms with Crippen LogP contribution >= 0.6 is 0 Å². The van der Waals surface area contributed by atoms with Gasteiger partial charge in [-0.05, 0) is 24.3 Å². The number of hydrogen-bond donors (Lipinski definition) is 0. The molecule has 4 aromatic carbocycles. The molecule has 0 N–H and O–H groups in total. The van der Waals surface area contributed by atoms with Gasteiger partial charge in [0.05, 0.1) is 27.8 Å². The van der Waals surface area contributed by atoms with Crippen molar-refractivity contribution in [1.82, 2.24) is 19.1 Å². The average Bonchev–Trinajstić information content (AvgIpc) is 3.46. The van der Waals surface area contributed by atoms with Gasteiger partial charge in [0, 0.05) is 27.6 Å². The molecule has 0 aliphatic heterocycles. The molecule has 0 amide bonds. The summed E-state index contributed by atoms with van der Waals surface area (Å²) in [5, 5.41) is 14.0. The summed E-state index contributed by atoms with van der Waals surface area (Å²) in [6.45, 7) is 7.51. The van der Waals surface area contributed by atoms with Gasteiger partial charge < -0.3 is 9.41 Å². The zero-order chi connectivity index (χ0) is 24.2. The van der Waals surface area contributed by atoms with E-state index in [1.165, 1.54) is 16.8 Å². The van der Waals surface area contributed by atoms with Gasteiger partial charge in [-0.25, -0.2) is 0 Å². The van der Waals surface area contributed by atoms with Crippen LogP contribution < -0.4 is 0 Å². The predicted octanol–water partition coefficient (Wildman–Crippen LogP) is 7.09. The Labute approximate surface area is 205 Å². The molecule has 0 unspecified atom stereocenters. The molecular formula is C30H16N6. The fraction of sp³-hybridized carbons (Fsp3) is 0. The second-order valence-corrected chi connectivity index (χ2v) is 8.53. The maximum absolute atomic E-state index is 9.59. The van der Waals surface area contributed by atoms with E-state index in [-0.39, 0.29) is 11.5 Å². The Balaban J connectivity index is 1.71. The van der Waals surface area contributed by atoms with Crippen molar-refractivity contribution in [3.05, 3.63) is 114 Å². The van der Waals surface area contributed by atoms with Crippen LogP contribution in [0.2, 0.25) is 0 Å². The third kappa shape index (κ3) is 2.70. The number of fused-ring (bicyclic) bond motifs is 6. The van der Waals surface area contributed by atoms with E-state index in [0.717, 1.165) is 38.5 Å². The highest BCUT2D eigenvalue weighted by atomic mass is 15.2. The minimum absolute atomic E-state index is 0.136. The highest BCUT2D eigenvalue weighted by Crippen LogP contribution is 2.39. The summed E-state index contributed by atoms with van der Waals surface area (Å²) >= 11 is 0. The van der Waals surface area contributed by atoms with Gasteiger partial charge in [0.15, 0.2) is 0 Å². The van der Waals surface area contributed by atoms with Crippen molar-refractivity contribution in [3.63, 3.8) is 0 Å². The van der Waals surface area contributed by atoms with Crippen molar-refractivity contribution in [2.75, 3.05) is 0 Å². The van der Waals surface area contributed by atoms with Gasteiger partial charge in [-0.3, -0.25) is 4.57 Å². The van der Waals surface area contributed by atoms with Crippen LogP contribution in [-0.4, -0.2) is 19.1 Å². The van der Waals surface area contributed by atoms with Crippen LogP contribution in [0.25, 0.3) is 60.1 Å². The molecule has 3 aromatic heterocycles. The Morgan fingerprint density at radius 2 is 1.22 bits per heavy atom. The van der Waals surface area contributed by atoms with E-state index in [9.17, 15) is 5.26 Å². The van der Waals surface area contributed by atoms with Crippen molar-refractivity contribution in [2.45, 2.75) is 0 Å². The summed E-state index contributed by atoms with van der Waals surface area (Å²) in [4.78, 5) is 12.5. The van der Waals surface area contributed by atoms with E-state index in [1.54, 1.807) is 0 Å². The number of benzene rings is 4. The molecule has 0 saturated heterocycles. The Kier molecular flexibility index (Phi) is 4.17. The molecule has 7 rings (SSSR count). The lowest BCUT2D eigenvalue weighted by Gasteiger charge is -2.12. The molecule has 0 saturated carbocycles. The SMILES string of the molecule is [C-]#[N+]c1cc(C#N)nc(-n2c3ccccc3c3cccc(-n4c5ccccc5c5ccccc54)c32)n1. The third-order valence-electron chi connectivity index (χ3n) is 6.62. The molecule has 6 heteroatoms. The number of hydrogen-bond acceptors (Lipinski definition) is 3. The smallest absolute Gasteiger partial charge is 0.332 e. The molecule has 3 heterocycles. The molecule has 6 nitrogen and oxygen atoms in total. The van der Waals surface area contributed by atoms with Crippen molar-refractivity contribution in [3.8, 4) is 17.7 Å². The highest BCUT2D eigenvalue weighted by Gasteiger charge is 2.22. The second-order valence-electron chi connectivity index (χ2n) is 8.53. The van der Waals surface area contributed by atoms with Crippen molar-refractivity contribution >= 4 is 49.4 Å². The van der Waals surface area contributed by atoms with Crippen molar-refractivity contribution < 1.29 is 0 Å². The molecule has 166 valence electrons. The number of nitriles is 1. The maximum Gasteiger partial charge on any atom is 0.332 e. The minimum Gasteiger partial charge on any atom is -0.360 e. The van der Waals surface area contributed by atoms with Gasteiger partial charge in [-0.2, -0.15) is 10.2 Å².